The first-order chi connectivity index (χ1) is 12.4. The van der Waals surface area contributed by atoms with Crippen molar-refractivity contribution >= 4 is 17.6 Å². The zero-order valence-electron chi connectivity index (χ0n) is 14.1. The van der Waals surface area contributed by atoms with Crippen molar-refractivity contribution in [2.75, 3.05) is 10.6 Å². The van der Waals surface area contributed by atoms with Crippen LogP contribution in [-0.2, 0) is 0 Å². The summed E-state index contributed by atoms with van der Waals surface area (Å²) in [6.45, 7) is 3.74. The number of aromatic nitrogens is 3. The molecule has 0 aliphatic carbocycles. The Bertz CT molecular complexity index is 910. The lowest BCUT2D eigenvalue weighted by Crippen LogP contribution is -2.15. The van der Waals surface area contributed by atoms with Crippen LogP contribution in [0.1, 0.15) is 13.8 Å². The van der Waals surface area contributed by atoms with Crippen molar-refractivity contribution in [2.45, 2.75) is 19.9 Å². The molecule has 2 aromatic carbocycles. The van der Waals surface area contributed by atoms with E-state index in [9.17, 15) is 13.2 Å². The van der Waals surface area contributed by atoms with E-state index < -0.39 is 17.5 Å². The highest BCUT2D eigenvalue weighted by Gasteiger charge is 2.17. The first kappa shape index (κ1) is 17.7. The highest BCUT2D eigenvalue weighted by molar-refractivity contribution is 5.62. The summed E-state index contributed by atoms with van der Waals surface area (Å²) >= 11 is 0. The summed E-state index contributed by atoms with van der Waals surface area (Å²) in [5.74, 6) is -2.01. The Kier molecular flexibility index (Phi) is 5.01. The third kappa shape index (κ3) is 4.08. The van der Waals surface area contributed by atoms with Gasteiger partial charge in [-0.2, -0.15) is 15.0 Å². The average molecular weight is 359 g/mol. The third-order valence-electron chi connectivity index (χ3n) is 3.32. The molecule has 0 aliphatic rings. The number of rotatable bonds is 5. The van der Waals surface area contributed by atoms with E-state index in [-0.39, 0.29) is 29.3 Å². The maximum atomic E-state index is 14.1. The molecule has 0 saturated heterocycles. The van der Waals surface area contributed by atoms with Gasteiger partial charge in [0.05, 0.1) is 5.56 Å². The van der Waals surface area contributed by atoms with Crippen molar-refractivity contribution in [1.82, 2.24) is 15.0 Å². The molecular formula is C18H16F3N5. The fraction of sp³-hybridized carbons (Fsp3) is 0.167. The smallest absolute Gasteiger partial charge is 0.232 e. The predicted octanol–water partition coefficient (Wildman–Crippen LogP) is 4.52. The van der Waals surface area contributed by atoms with Crippen molar-refractivity contribution in [3.63, 3.8) is 0 Å². The Balaban J connectivity index is 2.07. The third-order valence-corrected chi connectivity index (χ3v) is 3.32. The number of hydrogen-bond donors (Lipinski definition) is 2. The van der Waals surface area contributed by atoms with Crippen LogP contribution < -0.4 is 10.6 Å². The Morgan fingerprint density at radius 1 is 0.846 bits per heavy atom. The second-order valence-corrected chi connectivity index (χ2v) is 5.84. The van der Waals surface area contributed by atoms with E-state index in [2.05, 4.69) is 25.6 Å². The van der Waals surface area contributed by atoms with E-state index in [1.165, 1.54) is 24.3 Å². The topological polar surface area (TPSA) is 62.7 Å². The van der Waals surface area contributed by atoms with Crippen LogP contribution in [0.3, 0.4) is 0 Å². The van der Waals surface area contributed by atoms with Gasteiger partial charge in [0.15, 0.2) is 5.82 Å². The van der Waals surface area contributed by atoms with Gasteiger partial charge in [-0.05, 0) is 44.2 Å². The zero-order chi connectivity index (χ0) is 18.7. The second kappa shape index (κ2) is 7.38. The molecule has 8 heteroatoms. The van der Waals surface area contributed by atoms with Gasteiger partial charge in [-0.1, -0.05) is 12.1 Å². The van der Waals surface area contributed by atoms with Crippen LogP contribution in [0.2, 0.25) is 0 Å². The van der Waals surface area contributed by atoms with Gasteiger partial charge in [0, 0.05) is 11.7 Å². The minimum absolute atomic E-state index is 0.0160. The van der Waals surface area contributed by atoms with Gasteiger partial charge in [0.1, 0.15) is 17.5 Å². The van der Waals surface area contributed by atoms with Crippen molar-refractivity contribution in [3.8, 4) is 11.4 Å². The van der Waals surface area contributed by atoms with E-state index in [0.717, 1.165) is 12.1 Å². The molecule has 134 valence electrons. The van der Waals surface area contributed by atoms with Crippen molar-refractivity contribution in [3.05, 3.63) is 59.9 Å². The maximum Gasteiger partial charge on any atom is 0.232 e. The molecule has 2 N–H and O–H groups in total. The number of anilines is 3. The number of nitrogens with one attached hydrogen (secondary N) is 2. The summed E-state index contributed by atoms with van der Waals surface area (Å²) in [4.78, 5) is 12.4. The molecule has 0 saturated carbocycles. The molecule has 0 spiro atoms. The highest BCUT2D eigenvalue weighted by Crippen LogP contribution is 2.25. The number of halogens is 3. The Morgan fingerprint density at radius 3 is 2.15 bits per heavy atom. The lowest BCUT2D eigenvalue weighted by Gasteiger charge is -2.12. The van der Waals surface area contributed by atoms with Crippen LogP contribution >= 0.6 is 0 Å². The molecule has 0 fully saturated rings. The number of hydrogen-bond acceptors (Lipinski definition) is 5. The van der Waals surface area contributed by atoms with Crippen LogP contribution in [0.4, 0.5) is 30.8 Å². The molecule has 0 amide bonds. The summed E-state index contributed by atoms with van der Waals surface area (Å²) in [6, 6.07) is 9.17. The van der Waals surface area contributed by atoms with Gasteiger partial charge in [0.2, 0.25) is 11.9 Å². The zero-order valence-corrected chi connectivity index (χ0v) is 14.1. The summed E-state index contributed by atoms with van der Waals surface area (Å²) in [5.41, 5.74) is 0.0376. The minimum atomic E-state index is -0.789. The molecule has 1 aromatic heterocycles. The summed E-state index contributed by atoms with van der Waals surface area (Å²) in [5, 5.41) is 5.79. The van der Waals surface area contributed by atoms with Crippen molar-refractivity contribution in [2.24, 2.45) is 0 Å². The summed E-state index contributed by atoms with van der Waals surface area (Å²) < 4.78 is 41.6. The SMILES string of the molecule is CC(C)Nc1nc(Nc2cccc(F)c2)nc(-c2c(F)cccc2F)n1. The Labute approximate surface area is 148 Å². The molecular weight excluding hydrogens is 343 g/mol. The van der Waals surface area contributed by atoms with Crippen molar-refractivity contribution < 1.29 is 13.2 Å². The quantitative estimate of drug-likeness (QED) is 0.701. The molecule has 1 heterocycles. The molecule has 3 aromatic rings. The summed E-state index contributed by atoms with van der Waals surface area (Å²) in [7, 11) is 0. The van der Waals surface area contributed by atoms with Crippen LogP contribution in [0, 0.1) is 17.5 Å². The molecule has 0 atom stereocenters. The van der Waals surface area contributed by atoms with Gasteiger partial charge in [-0.25, -0.2) is 13.2 Å². The monoisotopic (exact) mass is 359 g/mol. The Hall–Kier alpha value is -3.16. The fourth-order valence-electron chi connectivity index (χ4n) is 2.27. The molecule has 3 rings (SSSR count). The van der Waals surface area contributed by atoms with E-state index in [1.807, 2.05) is 13.8 Å². The number of nitrogens with zero attached hydrogens (tertiary/aromatic N) is 3. The highest BCUT2D eigenvalue weighted by atomic mass is 19.1. The van der Waals surface area contributed by atoms with Crippen LogP contribution in [0.15, 0.2) is 42.5 Å². The summed E-state index contributed by atoms with van der Waals surface area (Å²) in [6.07, 6.45) is 0. The molecule has 5 nitrogen and oxygen atoms in total. The van der Waals surface area contributed by atoms with Gasteiger partial charge >= 0.3 is 0 Å². The fourth-order valence-corrected chi connectivity index (χ4v) is 2.27. The predicted molar refractivity (Wildman–Crippen MR) is 93.6 cm³/mol. The van der Waals surface area contributed by atoms with Gasteiger partial charge in [-0.15, -0.1) is 0 Å². The largest absolute Gasteiger partial charge is 0.352 e. The Morgan fingerprint density at radius 2 is 1.50 bits per heavy atom. The van der Waals surface area contributed by atoms with Gasteiger partial charge in [0.25, 0.3) is 0 Å². The van der Waals surface area contributed by atoms with E-state index in [0.29, 0.717) is 5.69 Å². The van der Waals surface area contributed by atoms with E-state index in [1.54, 1.807) is 6.07 Å². The molecule has 0 unspecified atom stereocenters. The van der Waals surface area contributed by atoms with Crippen molar-refractivity contribution in [1.29, 1.82) is 0 Å². The van der Waals surface area contributed by atoms with Crippen LogP contribution in [-0.4, -0.2) is 21.0 Å². The number of benzene rings is 2. The van der Waals surface area contributed by atoms with E-state index in [4.69, 9.17) is 0 Å². The lowest BCUT2D eigenvalue weighted by molar-refractivity contribution is 0.587. The normalized spacial score (nSPS) is 10.8. The lowest BCUT2D eigenvalue weighted by atomic mass is 10.2. The van der Waals surface area contributed by atoms with Crippen LogP contribution in [0.5, 0.6) is 0 Å². The standard InChI is InChI=1S/C18H16F3N5/c1-10(2)22-17-24-16(15-13(20)7-4-8-14(15)21)25-18(26-17)23-12-6-3-5-11(19)9-12/h3-10H,1-2H3,(H2,22,23,24,25,26). The molecule has 0 radical (unpaired) electrons. The first-order valence-corrected chi connectivity index (χ1v) is 7.92. The minimum Gasteiger partial charge on any atom is -0.352 e. The molecule has 26 heavy (non-hydrogen) atoms. The maximum absolute atomic E-state index is 14.1. The van der Waals surface area contributed by atoms with Crippen LogP contribution in [0.25, 0.3) is 11.4 Å². The molecule has 0 bridgehead atoms. The molecule has 0 aliphatic heterocycles. The second-order valence-electron chi connectivity index (χ2n) is 5.84. The average Bonchev–Trinajstić information content (AvgIpc) is 2.54. The van der Waals surface area contributed by atoms with Gasteiger partial charge in [-0.3, -0.25) is 0 Å². The van der Waals surface area contributed by atoms with Gasteiger partial charge < -0.3 is 10.6 Å². The first-order valence-electron chi connectivity index (χ1n) is 7.92. The van der Waals surface area contributed by atoms with E-state index >= 15 is 0 Å².